The van der Waals surface area contributed by atoms with Gasteiger partial charge in [-0.3, -0.25) is 9.59 Å². The van der Waals surface area contributed by atoms with E-state index in [2.05, 4.69) is 10.6 Å². The maximum atomic E-state index is 14.5. The highest BCUT2D eigenvalue weighted by molar-refractivity contribution is 5.93. The van der Waals surface area contributed by atoms with E-state index in [1.54, 1.807) is 4.90 Å². The quantitative estimate of drug-likeness (QED) is 0.215. The predicted octanol–water partition coefficient (Wildman–Crippen LogP) is 4.82. The summed E-state index contributed by atoms with van der Waals surface area (Å²) in [5.74, 6) is -1.24. The summed E-state index contributed by atoms with van der Waals surface area (Å²) in [7, 11) is 0. The molecule has 3 N–H and O–H groups in total. The lowest BCUT2D eigenvalue weighted by Crippen LogP contribution is -2.56. The number of hydrogen-bond acceptors (Lipinski definition) is 5. The first kappa shape index (κ1) is 31.5. The first-order valence-corrected chi connectivity index (χ1v) is 15.4. The number of carbonyl (C=O) groups is 3. The molecule has 45 heavy (non-hydrogen) atoms. The third-order valence-corrected chi connectivity index (χ3v) is 8.13. The Morgan fingerprint density at radius 3 is 1.84 bits per heavy atom. The standard InChI is InChI=1S/C37H39N3O5/c41-25-31(24-27-14-5-1-6-15-27)38-35(42)32-22-13-23-40(32)36(43)34(39-37(44)45-26-28-16-7-2-8-17-28)33(29-18-9-3-10-19-29)30-20-11-4-12-21-30/h1-12,14-21,31-34,41H,13,22-26H2,(H,38,42)(H,39,44)/t31-,32-,34-/m0/s1. The van der Waals surface area contributed by atoms with Crippen molar-refractivity contribution < 1.29 is 24.2 Å². The normalized spacial score (nSPS) is 15.7. The van der Waals surface area contributed by atoms with E-state index >= 15 is 0 Å². The van der Waals surface area contributed by atoms with Gasteiger partial charge in [0, 0.05) is 12.5 Å². The zero-order valence-electron chi connectivity index (χ0n) is 25.1. The number of rotatable bonds is 12. The first-order valence-electron chi connectivity index (χ1n) is 15.4. The molecule has 4 aromatic carbocycles. The Kier molecular flexibility index (Phi) is 11.0. The second-order valence-corrected chi connectivity index (χ2v) is 11.3. The van der Waals surface area contributed by atoms with E-state index in [-0.39, 0.29) is 25.0 Å². The highest BCUT2D eigenvalue weighted by atomic mass is 16.5. The summed E-state index contributed by atoms with van der Waals surface area (Å²) in [5, 5.41) is 15.9. The lowest BCUT2D eigenvalue weighted by atomic mass is 9.84. The molecule has 8 nitrogen and oxygen atoms in total. The fraction of sp³-hybridized carbons (Fsp3) is 0.270. The van der Waals surface area contributed by atoms with Crippen molar-refractivity contribution in [1.29, 1.82) is 0 Å². The minimum absolute atomic E-state index is 0.0492. The van der Waals surface area contributed by atoms with Gasteiger partial charge in [0.2, 0.25) is 11.8 Å². The van der Waals surface area contributed by atoms with E-state index in [1.807, 2.05) is 121 Å². The summed E-state index contributed by atoms with van der Waals surface area (Å²) in [6.45, 7) is 0.184. The van der Waals surface area contributed by atoms with Gasteiger partial charge in [0.15, 0.2) is 0 Å². The van der Waals surface area contributed by atoms with Crippen LogP contribution in [-0.4, -0.2) is 59.2 Å². The Balaban J connectivity index is 1.40. The second kappa shape index (κ2) is 15.7. The Bertz CT molecular complexity index is 1480. The highest BCUT2D eigenvalue weighted by Gasteiger charge is 2.42. The Labute approximate surface area is 264 Å². The lowest BCUT2D eigenvalue weighted by molar-refractivity contribution is -0.140. The van der Waals surface area contributed by atoms with Crippen molar-refractivity contribution in [2.24, 2.45) is 0 Å². The molecule has 1 fully saturated rings. The van der Waals surface area contributed by atoms with Crippen LogP contribution in [0.15, 0.2) is 121 Å². The zero-order chi connectivity index (χ0) is 31.4. The van der Waals surface area contributed by atoms with Gasteiger partial charge in [-0.15, -0.1) is 0 Å². The molecular formula is C37H39N3O5. The van der Waals surface area contributed by atoms with Gasteiger partial charge in [-0.05, 0) is 41.5 Å². The average molecular weight is 606 g/mol. The van der Waals surface area contributed by atoms with E-state index < -0.39 is 30.1 Å². The van der Waals surface area contributed by atoms with Crippen LogP contribution in [-0.2, 0) is 27.4 Å². The SMILES string of the molecule is O=C(N[C@H](C(=O)N1CCC[C@H]1C(=O)N[C@H](CO)Cc1ccccc1)C(c1ccccc1)c1ccccc1)OCc1ccccc1. The Morgan fingerprint density at radius 2 is 1.29 bits per heavy atom. The van der Waals surface area contributed by atoms with Crippen LogP contribution in [0.1, 0.15) is 41.0 Å². The second-order valence-electron chi connectivity index (χ2n) is 11.3. The maximum Gasteiger partial charge on any atom is 0.408 e. The molecule has 4 aromatic rings. The van der Waals surface area contributed by atoms with Gasteiger partial charge in [-0.25, -0.2) is 4.79 Å². The van der Waals surface area contributed by atoms with Gasteiger partial charge in [0.25, 0.3) is 0 Å². The van der Waals surface area contributed by atoms with Crippen LogP contribution < -0.4 is 10.6 Å². The van der Waals surface area contributed by atoms with Crippen LogP contribution in [0.25, 0.3) is 0 Å². The summed E-state index contributed by atoms with van der Waals surface area (Å²) >= 11 is 0. The van der Waals surface area contributed by atoms with Crippen molar-refractivity contribution in [2.75, 3.05) is 13.2 Å². The molecule has 0 saturated carbocycles. The molecule has 0 aromatic heterocycles. The Morgan fingerprint density at radius 1 is 0.756 bits per heavy atom. The molecule has 0 unspecified atom stereocenters. The molecule has 232 valence electrons. The van der Waals surface area contributed by atoms with Crippen molar-refractivity contribution in [3.8, 4) is 0 Å². The van der Waals surface area contributed by atoms with Crippen LogP contribution in [0.3, 0.4) is 0 Å². The van der Waals surface area contributed by atoms with Crippen LogP contribution in [0.2, 0.25) is 0 Å². The molecular weight excluding hydrogens is 566 g/mol. The minimum atomic E-state index is -1.05. The third kappa shape index (κ3) is 8.37. The summed E-state index contributed by atoms with van der Waals surface area (Å²) < 4.78 is 5.56. The average Bonchev–Trinajstić information content (AvgIpc) is 3.59. The largest absolute Gasteiger partial charge is 0.445 e. The fourth-order valence-corrected chi connectivity index (χ4v) is 5.92. The third-order valence-electron chi connectivity index (χ3n) is 8.13. The number of benzene rings is 4. The topological polar surface area (TPSA) is 108 Å². The molecule has 0 radical (unpaired) electrons. The van der Waals surface area contributed by atoms with Gasteiger partial charge in [0.1, 0.15) is 18.7 Å². The van der Waals surface area contributed by atoms with Gasteiger partial charge in [-0.2, -0.15) is 0 Å². The van der Waals surface area contributed by atoms with Crippen molar-refractivity contribution in [1.82, 2.24) is 15.5 Å². The number of ether oxygens (including phenoxy) is 1. The van der Waals surface area contributed by atoms with E-state index in [0.717, 1.165) is 22.3 Å². The molecule has 8 heteroatoms. The number of hydrogen-bond donors (Lipinski definition) is 3. The van der Waals surface area contributed by atoms with E-state index in [0.29, 0.717) is 25.8 Å². The molecule has 1 aliphatic rings. The van der Waals surface area contributed by atoms with Gasteiger partial charge in [-0.1, -0.05) is 121 Å². The molecule has 0 aliphatic carbocycles. The number of nitrogens with zero attached hydrogens (tertiary/aromatic N) is 1. The fourth-order valence-electron chi connectivity index (χ4n) is 5.92. The first-order chi connectivity index (χ1) is 22.0. The van der Waals surface area contributed by atoms with Crippen molar-refractivity contribution >= 4 is 17.9 Å². The molecule has 1 saturated heterocycles. The molecule has 0 bridgehead atoms. The van der Waals surface area contributed by atoms with Crippen molar-refractivity contribution in [3.63, 3.8) is 0 Å². The van der Waals surface area contributed by atoms with Gasteiger partial charge >= 0.3 is 6.09 Å². The van der Waals surface area contributed by atoms with Crippen LogP contribution in [0.4, 0.5) is 4.79 Å². The van der Waals surface area contributed by atoms with Crippen molar-refractivity contribution in [3.05, 3.63) is 144 Å². The van der Waals surface area contributed by atoms with E-state index in [9.17, 15) is 19.5 Å². The molecule has 5 rings (SSSR count). The number of aliphatic hydroxyl groups excluding tert-OH is 1. The van der Waals surface area contributed by atoms with Crippen LogP contribution in [0.5, 0.6) is 0 Å². The highest BCUT2D eigenvalue weighted by Crippen LogP contribution is 2.31. The number of amides is 3. The smallest absolute Gasteiger partial charge is 0.408 e. The molecule has 1 heterocycles. The number of alkyl carbamates (subject to hydrolysis) is 1. The minimum Gasteiger partial charge on any atom is -0.445 e. The number of carbonyl (C=O) groups excluding carboxylic acids is 3. The van der Waals surface area contributed by atoms with Gasteiger partial charge < -0.3 is 25.4 Å². The Hall–Kier alpha value is -4.95. The molecule has 3 atom stereocenters. The van der Waals surface area contributed by atoms with Crippen molar-refractivity contribution in [2.45, 2.75) is 49.9 Å². The molecule has 3 amide bonds. The maximum absolute atomic E-state index is 14.5. The predicted molar refractivity (Wildman–Crippen MR) is 172 cm³/mol. The van der Waals surface area contributed by atoms with E-state index in [1.165, 1.54) is 0 Å². The molecule has 0 spiro atoms. The monoisotopic (exact) mass is 605 g/mol. The number of nitrogens with one attached hydrogen (secondary N) is 2. The zero-order valence-corrected chi connectivity index (χ0v) is 25.1. The van der Waals surface area contributed by atoms with Crippen LogP contribution in [0, 0.1) is 0 Å². The van der Waals surface area contributed by atoms with E-state index in [4.69, 9.17) is 4.74 Å². The summed E-state index contributed by atoms with van der Waals surface area (Å²) in [6.07, 6.45) is 0.856. The van der Waals surface area contributed by atoms with Crippen LogP contribution >= 0.6 is 0 Å². The number of likely N-dealkylation sites (tertiary alicyclic amines) is 1. The molecule has 1 aliphatic heterocycles. The number of aliphatic hydroxyl groups is 1. The summed E-state index contributed by atoms with van der Waals surface area (Å²) in [6, 6.07) is 35.8. The summed E-state index contributed by atoms with van der Waals surface area (Å²) in [4.78, 5) is 43.0. The van der Waals surface area contributed by atoms with Gasteiger partial charge in [0.05, 0.1) is 12.6 Å². The summed E-state index contributed by atoms with van der Waals surface area (Å²) in [5.41, 5.74) is 3.49. The lowest BCUT2D eigenvalue weighted by Gasteiger charge is -2.33.